The van der Waals surface area contributed by atoms with Crippen LogP contribution in [-0.4, -0.2) is 15.0 Å². The minimum Gasteiger partial charge on any atom is -0.322 e. The molecular weight excluding hydrogens is 545 g/mol. The maximum absolute atomic E-state index is 14.2. The van der Waals surface area contributed by atoms with Crippen LogP contribution in [0.2, 0.25) is 5.02 Å². The van der Waals surface area contributed by atoms with E-state index in [2.05, 4.69) is 21.2 Å². The SMILES string of the molecule is O=C(Cn1c(=O)n(-c2ccc(Cl)cc2)c(=O)c2c3c(sc21)CCCC3)Nc1ccc(Br)cc1F. The van der Waals surface area contributed by atoms with Crippen molar-refractivity contribution in [1.29, 1.82) is 0 Å². The summed E-state index contributed by atoms with van der Waals surface area (Å²) in [5.74, 6) is -1.17. The number of nitrogens with zero attached hydrogens (tertiary/aromatic N) is 2. The maximum Gasteiger partial charge on any atom is 0.337 e. The summed E-state index contributed by atoms with van der Waals surface area (Å²) >= 11 is 10.6. The standard InChI is InChI=1S/C24H18BrClFN3O3S/c25-13-5-10-18(17(27)11-13)28-20(31)12-29-23-21(16-3-1-2-4-19(16)34-23)22(32)30(24(29)33)15-8-6-14(26)7-9-15/h5-11H,1-4,12H2,(H,28,31). The molecular formula is C24H18BrClFN3O3S. The number of carbonyl (C=O) groups excluding carboxylic acids is 1. The van der Waals surface area contributed by atoms with E-state index >= 15 is 0 Å². The summed E-state index contributed by atoms with van der Waals surface area (Å²) in [7, 11) is 0. The monoisotopic (exact) mass is 561 g/mol. The minimum atomic E-state index is -0.634. The number of aromatic nitrogens is 2. The molecule has 1 aliphatic rings. The molecule has 0 bridgehead atoms. The minimum absolute atomic E-state index is 0.00832. The Kier molecular flexibility index (Phi) is 6.18. The van der Waals surface area contributed by atoms with Crippen molar-refractivity contribution >= 4 is 60.7 Å². The van der Waals surface area contributed by atoms with E-state index in [1.807, 2.05) is 0 Å². The van der Waals surface area contributed by atoms with E-state index in [-0.39, 0.29) is 12.2 Å². The highest BCUT2D eigenvalue weighted by Gasteiger charge is 2.25. The topological polar surface area (TPSA) is 73.1 Å². The zero-order valence-electron chi connectivity index (χ0n) is 17.7. The second-order valence-corrected chi connectivity index (χ2v) is 10.5. The molecule has 174 valence electrons. The average molecular weight is 563 g/mol. The van der Waals surface area contributed by atoms with Gasteiger partial charge < -0.3 is 5.32 Å². The van der Waals surface area contributed by atoms with E-state index in [9.17, 15) is 18.8 Å². The first kappa shape index (κ1) is 23.0. The number of anilines is 1. The fourth-order valence-corrected chi connectivity index (χ4v) is 6.08. The number of halogens is 3. The van der Waals surface area contributed by atoms with Gasteiger partial charge in [-0.1, -0.05) is 27.5 Å². The Labute approximate surface area is 210 Å². The van der Waals surface area contributed by atoms with Gasteiger partial charge in [0.2, 0.25) is 5.91 Å². The first-order valence-corrected chi connectivity index (χ1v) is 12.6. The smallest absolute Gasteiger partial charge is 0.322 e. The van der Waals surface area contributed by atoms with Crippen molar-refractivity contribution in [3.8, 4) is 5.69 Å². The summed E-state index contributed by atoms with van der Waals surface area (Å²) < 4.78 is 17.2. The van der Waals surface area contributed by atoms with E-state index in [0.717, 1.165) is 40.7 Å². The molecule has 5 rings (SSSR count). The Morgan fingerprint density at radius 2 is 1.85 bits per heavy atom. The molecule has 6 nitrogen and oxygen atoms in total. The Morgan fingerprint density at radius 1 is 1.12 bits per heavy atom. The highest BCUT2D eigenvalue weighted by Crippen LogP contribution is 2.34. The van der Waals surface area contributed by atoms with E-state index < -0.39 is 23.0 Å². The molecule has 0 fully saturated rings. The predicted molar refractivity (Wildman–Crippen MR) is 136 cm³/mol. The van der Waals surface area contributed by atoms with Gasteiger partial charge in [0.1, 0.15) is 17.2 Å². The Bertz CT molecular complexity index is 1560. The fraction of sp³-hybridized carbons (Fsp3) is 0.208. The van der Waals surface area contributed by atoms with Crippen LogP contribution < -0.4 is 16.6 Å². The first-order valence-electron chi connectivity index (χ1n) is 10.6. The number of rotatable bonds is 4. The van der Waals surface area contributed by atoms with E-state index in [0.29, 0.717) is 25.4 Å². The number of benzene rings is 2. The second-order valence-electron chi connectivity index (χ2n) is 8.05. The summed E-state index contributed by atoms with van der Waals surface area (Å²) in [5, 5.41) is 3.47. The van der Waals surface area contributed by atoms with Crippen molar-refractivity contribution in [2.45, 2.75) is 32.2 Å². The van der Waals surface area contributed by atoms with E-state index in [1.54, 1.807) is 30.3 Å². The molecule has 2 aromatic carbocycles. The van der Waals surface area contributed by atoms with Crippen LogP contribution in [0.3, 0.4) is 0 Å². The average Bonchev–Trinajstić information content (AvgIpc) is 3.20. The molecule has 0 unspecified atom stereocenters. The van der Waals surface area contributed by atoms with Gasteiger partial charge in [0, 0.05) is 14.4 Å². The summed E-state index contributed by atoms with van der Waals surface area (Å²) in [6.45, 7) is -0.363. The van der Waals surface area contributed by atoms with Crippen LogP contribution in [0.15, 0.2) is 56.5 Å². The third-order valence-electron chi connectivity index (χ3n) is 5.83. The number of hydrogen-bond donors (Lipinski definition) is 1. The Hall–Kier alpha value is -2.75. The van der Waals surface area contributed by atoms with E-state index in [1.165, 1.54) is 28.0 Å². The molecule has 4 aromatic rings. The molecule has 0 saturated heterocycles. The molecule has 0 spiro atoms. The molecule has 10 heteroatoms. The van der Waals surface area contributed by atoms with Crippen molar-refractivity contribution in [3.05, 3.63) is 89.1 Å². The van der Waals surface area contributed by atoms with Gasteiger partial charge in [0.25, 0.3) is 5.56 Å². The third-order valence-corrected chi connectivity index (χ3v) is 7.89. The molecule has 34 heavy (non-hydrogen) atoms. The van der Waals surface area contributed by atoms with Crippen molar-refractivity contribution < 1.29 is 9.18 Å². The molecule has 1 amide bonds. The van der Waals surface area contributed by atoms with Crippen LogP contribution in [0.25, 0.3) is 15.9 Å². The summed E-state index contributed by atoms with van der Waals surface area (Å²) in [6, 6.07) is 10.7. The van der Waals surface area contributed by atoms with Crippen molar-refractivity contribution in [1.82, 2.24) is 9.13 Å². The normalized spacial score (nSPS) is 13.1. The Balaban J connectivity index is 1.66. The second kappa shape index (κ2) is 9.13. The van der Waals surface area contributed by atoms with Gasteiger partial charge in [-0.2, -0.15) is 0 Å². The Morgan fingerprint density at radius 3 is 2.59 bits per heavy atom. The molecule has 1 aliphatic carbocycles. The fourth-order valence-electron chi connectivity index (χ4n) is 4.25. The van der Waals surface area contributed by atoms with Crippen LogP contribution in [0.1, 0.15) is 23.3 Å². The summed E-state index contributed by atoms with van der Waals surface area (Å²) in [4.78, 5) is 41.5. The number of thiophene rings is 1. The van der Waals surface area contributed by atoms with Crippen LogP contribution in [-0.2, 0) is 24.2 Å². The van der Waals surface area contributed by atoms with Gasteiger partial charge in [0.05, 0.1) is 16.8 Å². The van der Waals surface area contributed by atoms with Crippen molar-refractivity contribution in [2.75, 3.05) is 5.32 Å². The largest absolute Gasteiger partial charge is 0.337 e. The number of amides is 1. The van der Waals surface area contributed by atoms with Crippen molar-refractivity contribution in [3.63, 3.8) is 0 Å². The summed E-state index contributed by atoms with van der Waals surface area (Å²) in [6.07, 6.45) is 3.56. The van der Waals surface area contributed by atoms with Crippen molar-refractivity contribution in [2.24, 2.45) is 0 Å². The highest BCUT2D eigenvalue weighted by atomic mass is 79.9. The third kappa shape index (κ3) is 4.12. The van der Waals surface area contributed by atoms with Gasteiger partial charge in [-0.25, -0.2) is 13.8 Å². The van der Waals surface area contributed by atoms with Crippen LogP contribution in [0, 0.1) is 5.82 Å². The molecule has 0 radical (unpaired) electrons. The lowest BCUT2D eigenvalue weighted by Gasteiger charge is -2.14. The molecule has 0 aliphatic heterocycles. The number of aryl methyl sites for hydroxylation is 2. The van der Waals surface area contributed by atoms with Gasteiger partial charge in [-0.3, -0.25) is 14.2 Å². The number of nitrogens with one attached hydrogen (secondary N) is 1. The lowest BCUT2D eigenvalue weighted by Crippen LogP contribution is -2.40. The van der Waals surface area contributed by atoms with Gasteiger partial charge >= 0.3 is 5.69 Å². The summed E-state index contributed by atoms with van der Waals surface area (Å²) in [5.41, 5.74) is 0.286. The highest BCUT2D eigenvalue weighted by molar-refractivity contribution is 9.10. The first-order chi connectivity index (χ1) is 16.3. The number of carbonyl (C=O) groups is 1. The van der Waals surface area contributed by atoms with Crippen LogP contribution in [0.4, 0.5) is 10.1 Å². The molecule has 2 aromatic heterocycles. The van der Waals surface area contributed by atoms with Gasteiger partial charge in [0.15, 0.2) is 0 Å². The quantitative estimate of drug-likeness (QED) is 0.368. The van der Waals surface area contributed by atoms with Crippen LogP contribution >= 0.6 is 38.9 Å². The van der Waals surface area contributed by atoms with Gasteiger partial charge in [-0.05, 0) is 73.7 Å². The maximum atomic E-state index is 14.2. The molecule has 1 N–H and O–H groups in total. The zero-order chi connectivity index (χ0) is 24.0. The lowest BCUT2D eigenvalue weighted by atomic mass is 9.97. The number of hydrogen-bond acceptors (Lipinski definition) is 4. The molecule has 0 saturated carbocycles. The van der Waals surface area contributed by atoms with Gasteiger partial charge in [-0.15, -0.1) is 11.3 Å². The number of fused-ring (bicyclic) bond motifs is 3. The van der Waals surface area contributed by atoms with E-state index in [4.69, 9.17) is 11.6 Å². The zero-order valence-corrected chi connectivity index (χ0v) is 20.9. The predicted octanol–water partition coefficient (Wildman–Crippen LogP) is 5.29. The lowest BCUT2D eigenvalue weighted by molar-refractivity contribution is -0.116. The van der Waals surface area contributed by atoms with Crippen LogP contribution in [0.5, 0.6) is 0 Å². The molecule has 2 heterocycles. The molecule has 0 atom stereocenters.